The molecule has 5 nitrogen and oxygen atoms in total. The number of sulfone groups is 1. The minimum atomic E-state index is -3.30. The number of halogens is 1. The SMILES string of the molecule is CC(C)(C)n1c(CCl)nnc1C(C)(C)S(C)(=O)=O. The molecule has 18 heavy (non-hydrogen) atoms. The second kappa shape index (κ2) is 4.49. The number of aromatic nitrogens is 3. The second-order valence-electron chi connectivity index (χ2n) is 5.86. The first-order valence-corrected chi connectivity index (χ1v) is 8.06. The molecular formula is C11H20ClN3O2S. The molecule has 0 fully saturated rings. The second-order valence-corrected chi connectivity index (χ2v) is 8.69. The van der Waals surface area contributed by atoms with Crippen molar-refractivity contribution < 1.29 is 8.42 Å². The molecule has 1 aromatic rings. The summed E-state index contributed by atoms with van der Waals surface area (Å²) in [5.41, 5.74) is -0.328. The van der Waals surface area contributed by atoms with Gasteiger partial charge >= 0.3 is 0 Å². The van der Waals surface area contributed by atoms with Crippen LogP contribution in [0.4, 0.5) is 0 Å². The van der Waals surface area contributed by atoms with Crippen LogP contribution < -0.4 is 0 Å². The topological polar surface area (TPSA) is 64.8 Å². The van der Waals surface area contributed by atoms with Gasteiger partial charge in [-0.3, -0.25) is 0 Å². The van der Waals surface area contributed by atoms with Crippen LogP contribution in [-0.4, -0.2) is 29.4 Å². The molecule has 0 aliphatic rings. The summed E-state index contributed by atoms with van der Waals surface area (Å²) in [5, 5.41) is 8.04. The zero-order valence-corrected chi connectivity index (χ0v) is 13.2. The molecule has 0 amide bonds. The Balaban J connectivity index is 3.59. The smallest absolute Gasteiger partial charge is 0.159 e. The predicted octanol–water partition coefficient (Wildman–Crippen LogP) is 2.05. The van der Waals surface area contributed by atoms with Gasteiger partial charge in [0.1, 0.15) is 10.6 Å². The highest BCUT2D eigenvalue weighted by Crippen LogP contribution is 2.32. The summed E-state index contributed by atoms with van der Waals surface area (Å²) in [6.07, 6.45) is 1.20. The van der Waals surface area contributed by atoms with E-state index in [1.165, 1.54) is 6.26 Å². The Morgan fingerprint density at radius 2 is 1.67 bits per heavy atom. The highest BCUT2D eigenvalue weighted by molar-refractivity contribution is 7.91. The molecular weight excluding hydrogens is 274 g/mol. The van der Waals surface area contributed by atoms with Crippen molar-refractivity contribution in [3.8, 4) is 0 Å². The van der Waals surface area contributed by atoms with Crippen molar-refractivity contribution in [2.75, 3.05) is 6.26 Å². The molecule has 0 aliphatic heterocycles. The van der Waals surface area contributed by atoms with Crippen LogP contribution in [0.15, 0.2) is 0 Å². The fourth-order valence-electron chi connectivity index (χ4n) is 1.66. The zero-order chi connectivity index (χ0) is 14.4. The number of rotatable bonds is 3. The summed E-state index contributed by atoms with van der Waals surface area (Å²) in [4.78, 5) is 0. The highest BCUT2D eigenvalue weighted by atomic mass is 35.5. The van der Waals surface area contributed by atoms with Gasteiger partial charge in [-0.25, -0.2) is 8.42 Å². The largest absolute Gasteiger partial charge is 0.307 e. The van der Waals surface area contributed by atoms with E-state index in [0.29, 0.717) is 11.6 Å². The van der Waals surface area contributed by atoms with Gasteiger partial charge in [0.15, 0.2) is 15.7 Å². The van der Waals surface area contributed by atoms with Crippen LogP contribution in [0.1, 0.15) is 46.3 Å². The molecule has 0 spiro atoms. The maximum atomic E-state index is 11.9. The van der Waals surface area contributed by atoms with Crippen molar-refractivity contribution in [2.24, 2.45) is 0 Å². The van der Waals surface area contributed by atoms with E-state index < -0.39 is 14.6 Å². The maximum Gasteiger partial charge on any atom is 0.159 e. The quantitative estimate of drug-likeness (QED) is 0.800. The molecule has 7 heteroatoms. The van der Waals surface area contributed by atoms with Gasteiger partial charge in [-0.1, -0.05) is 0 Å². The Hall–Kier alpha value is -0.620. The average Bonchev–Trinajstić information content (AvgIpc) is 2.58. The Labute approximate surface area is 113 Å². The average molecular weight is 294 g/mol. The summed E-state index contributed by atoms with van der Waals surface area (Å²) >= 11 is 5.84. The van der Waals surface area contributed by atoms with Crippen molar-refractivity contribution in [1.29, 1.82) is 0 Å². The first-order chi connectivity index (χ1) is 7.93. The van der Waals surface area contributed by atoms with E-state index in [1.807, 2.05) is 20.8 Å². The summed E-state index contributed by atoms with van der Waals surface area (Å²) in [6, 6.07) is 0. The molecule has 0 N–H and O–H groups in total. The standard InChI is InChI=1S/C11H20ClN3O2S/c1-10(2,3)15-8(7-12)13-14-9(15)11(4,5)18(6,16)17/h7H2,1-6H3. The van der Waals surface area contributed by atoms with Crippen LogP contribution in [-0.2, 0) is 26.0 Å². The third kappa shape index (κ3) is 2.54. The highest BCUT2D eigenvalue weighted by Gasteiger charge is 2.40. The fraction of sp³-hybridized carbons (Fsp3) is 0.818. The minimum Gasteiger partial charge on any atom is -0.307 e. The molecule has 0 radical (unpaired) electrons. The lowest BCUT2D eigenvalue weighted by atomic mass is 10.1. The third-order valence-corrected chi connectivity index (χ3v) is 5.26. The third-order valence-electron chi connectivity index (χ3n) is 2.99. The Kier molecular flexibility index (Phi) is 3.85. The molecule has 0 aromatic carbocycles. The molecule has 1 heterocycles. The van der Waals surface area contributed by atoms with E-state index in [0.717, 1.165) is 0 Å². The van der Waals surface area contributed by atoms with Gasteiger partial charge in [0, 0.05) is 11.8 Å². The Morgan fingerprint density at radius 3 is 2.00 bits per heavy atom. The summed E-state index contributed by atoms with van der Waals surface area (Å²) < 4.78 is 24.5. The molecule has 0 saturated heterocycles. The van der Waals surface area contributed by atoms with Gasteiger partial charge in [0.05, 0.1) is 5.88 Å². The minimum absolute atomic E-state index is 0.199. The summed E-state index contributed by atoms with van der Waals surface area (Å²) in [7, 11) is -3.30. The van der Waals surface area contributed by atoms with Gasteiger partial charge in [-0.2, -0.15) is 0 Å². The first-order valence-electron chi connectivity index (χ1n) is 5.63. The number of nitrogens with zero attached hydrogens (tertiary/aromatic N) is 3. The first kappa shape index (κ1) is 15.4. The molecule has 0 bridgehead atoms. The van der Waals surface area contributed by atoms with E-state index in [1.54, 1.807) is 18.4 Å². The van der Waals surface area contributed by atoms with Crippen LogP contribution in [0.2, 0.25) is 0 Å². The lowest BCUT2D eigenvalue weighted by molar-refractivity contribution is 0.360. The zero-order valence-electron chi connectivity index (χ0n) is 11.7. The van der Waals surface area contributed by atoms with E-state index in [-0.39, 0.29) is 11.4 Å². The van der Waals surface area contributed by atoms with Crippen molar-refractivity contribution in [1.82, 2.24) is 14.8 Å². The molecule has 1 aromatic heterocycles. The van der Waals surface area contributed by atoms with Crippen LogP contribution in [0.3, 0.4) is 0 Å². The van der Waals surface area contributed by atoms with Crippen LogP contribution in [0, 0.1) is 0 Å². The molecule has 0 saturated carbocycles. The van der Waals surface area contributed by atoms with Gasteiger partial charge < -0.3 is 4.57 Å². The maximum absolute atomic E-state index is 11.9. The molecule has 0 atom stereocenters. The number of alkyl halides is 1. The Bertz CT molecular complexity index is 541. The van der Waals surface area contributed by atoms with Crippen LogP contribution >= 0.6 is 11.6 Å². The van der Waals surface area contributed by atoms with Gasteiger partial charge in [0.2, 0.25) is 0 Å². The monoisotopic (exact) mass is 293 g/mol. The normalized spacial score (nSPS) is 13.9. The van der Waals surface area contributed by atoms with Gasteiger partial charge in [0.25, 0.3) is 0 Å². The fourth-order valence-corrected chi connectivity index (χ4v) is 2.30. The van der Waals surface area contributed by atoms with Gasteiger partial charge in [-0.05, 0) is 34.6 Å². The van der Waals surface area contributed by atoms with E-state index in [9.17, 15) is 8.42 Å². The van der Waals surface area contributed by atoms with E-state index in [2.05, 4.69) is 10.2 Å². The van der Waals surface area contributed by atoms with Crippen LogP contribution in [0.5, 0.6) is 0 Å². The van der Waals surface area contributed by atoms with Crippen molar-refractivity contribution >= 4 is 21.4 Å². The summed E-state index contributed by atoms with van der Waals surface area (Å²) in [6.45, 7) is 9.16. The van der Waals surface area contributed by atoms with Crippen molar-refractivity contribution in [3.05, 3.63) is 11.6 Å². The number of hydrogen-bond acceptors (Lipinski definition) is 4. The van der Waals surface area contributed by atoms with E-state index in [4.69, 9.17) is 11.6 Å². The lowest BCUT2D eigenvalue weighted by Crippen LogP contribution is -2.36. The summed E-state index contributed by atoms with van der Waals surface area (Å²) in [5.74, 6) is 1.20. The van der Waals surface area contributed by atoms with E-state index >= 15 is 0 Å². The molecule has 0 aliphatic carbocycles. The van der Waals surface area contributed by atoms with Gasteiger partial charge in [-0.15, -0.1) is 21.8 Å². The molecule has 104 valence electrons. The van der Waals surface area contributed by atoms with Crippen molar-refractivity contribution in [2.45, 2.75) is 50.8 Å². The predicted molar refractivity (Wildman–Crippen MR) is 72.4 cm³/mol. The molecule has 0 unspecified atom stereocenters. The Morgan fingerprint density at radius 1 is 1.17 bits per heavy atom. The van der Waals surface area contributed by atoms with Crippen LogP contribution in [0.25, 0.3) is 0 Å². The van der Waals surface area contributed by atoms with Crippen molar-refractivity contribution in [3.63, 3.8) is 0 Å². The number of hydrogen-bond donors (Lipinski definition) is 0. The lowest BCUT2D eigenvalue weighted by Gasteiger charge is -2.30. The molecule has 1 rings (SSSR count).